The molecular formula is C25H29Cl2F3N2O3. The molecule has 0 bridgehead atoms. The molecule has 0 aliphatic rings. The number of Topliss-reactive ketones (excluding diaryl/α,β-unsaturated/α-hetero) is 1. The number of ketones is 1. The van der Waals surface area contributed by atoms with Crippen LogP contribution in [0.4, 0.5) is 13.2 Å². The maximum atomic E-state index is 13.2. The molecule has 2 rings (SSSR count). The maximum absolute atomic E-state index is 13.2. The first kappa shape index (κ1) is 29.1. The largest absolute Gasteiger partial charge is 0.414 e. The molecule has 0 radical (unpaired) electrons. The third-order valence-electron chi connectivity index (χ3n) is 5.80. The van der Waals surface area contributed by atoms with E-state index in [1.807, 2.05) is 0 Å². The van der Waals surface area contributed by atoms with Crippen LogP contribution in [0.1, 0.15) is 31.4 Å². The molecule has 4 N–H and O–H groups in total. The fraction of sp³-hybridized carbons (Fsp3) is 0.440. The Morgan fingerprint density at radius 1 is 1.00 bits per heavy atom. The minimum Gasteiger partial charge on any atom is -0.383 e. The van der Waals surface area contributed by atoms with Gasteiger partial charge in [-0.15, -0.1) is 0 Å². The van der Waals surface area contributed by atoms with Crippen LogP contribution in [0.5, 0.6) is 0 Å². The molecule has 0 spiro atoms. The summed E-state index contributed by atoms with van der Waals surface area (Å²) >= 11 is 11.9. The molecule has 192 valence electrons. The van der Waals surface area contributed by atoms with E-state index < -0.39 is 54.3 Å². The minimum atomic E-state index is -4.87. The summed E-state index contributed by atoms with van der Waals surface area (Å²) in [4.78, 5) is 26.0. The number of amides is 1. The van der Waals surface area contributed by atoms with E-state index in [2.05, 4.69) is 5.32 Å². The number of nitrogens with one attached hydrogen (secondary N) is 1. The molecule has 0 aliphatic carbocycles. The Bertz CT molecular complexity index is 1000. The number of hydrogen-bond donors (Lipinski definition) is 3. The van der Waals surface area contributed by atoms with Crippen LogP contribution < -0.4 is 11.1 Å². The Morgan fingerprint density at radius 2 is 1.63 bits per heavy atom. The molecule has 1 amide bonds. The third-order valence-corrected chi connectivity index (χ3v) is 6.54. The standard InChI is InChI=1S/C25H29Cl2F3N2O3/c1-14(2)17(23(34)25(28,29)30)13-22(33)21(12-15-6-4-3-5-7-15)32-24(35)20(31)11-16-8-9-18(26)19(27)10-16/h3-10,14,17,20-21,23,34H,11-13,31H2,1-2H3,(H,32,35)/t17-,20-,21-,23-/m0/s1. The second-order valence-corrected chi connectivity index (χ2v) is 9.69. The lowest BCUT2D eigenvalue weighted by Gasteiger charge is -2.29. The van der Waals surface area contributed by atoms with Crippen LogP contribution >= 0.6 is 23.2 Å². The molecule has 2 aromatic rings. The van der Waals surface area contributed by atoms with Gasteiger partial charge in [0, 0.05) is 12.3 Å². The van der Waals surface area contributed by atoms with E-state index in [4.69, 9.17) is 28.9 Å². The fourth-order valence-electron chi connectivity index (χ4n) is 3.72. The monoisotopic (exact) mass is 532 g/mol. The number of aliphatic hydroxyl groups excluding tert-OH is 1. The number of nitrogens with two attached hydrogens (primary N) is 1. The van der Waals surface area contributed by atoms with Crippen molar-refractivity contribution >= 4 is 34.9 Å². The predicted octanol–water partition coefficient (Wildman–Crippen LogP) is 4.75. The zero-order chi connectivity index (χ0) is 26.3. The summed E-state index contributed by atoms with van der Waals surface area (Å²) in [5.41, 5.74) is 7.41. The molecule has 0 aliphatic heterocycles. The Kier molecular flexibility index (Phi) is 10.6. The number of benzene rings is 2. The second-order valence-electron chi connectivity index (χ2n) is 8.87. The summed E-state index contributed by atoms with van der Waals surface area (Å²) in [5.74, 6) is -3.24. The molecule has 4 atom stereocenters. The van der Waals surface area contributed by atoms with Crippen molar-refractivity contribution in [2.24, 2.45) is 17.6 Å². The van der Waals surface area contributed by atoms with E-state index in [0.717, 1.165) is 0 Å². The van der Waals surface area contributed by atoms with Gasteiger partial charge in [0.05, 0.1) is 22.1 Å². The van der Waals surface area contributed by atoms with Crippen LogP contribution in [0.3, 0.4) is 0 Å². The average molecular weight is 533 g/mol. The number of hydrogen-bond acceptors (Lipinski definition) is 4. The summed E-state index contributed by atoms with van der Waals surface area (Å²) < 4.78 is 39.5. The Morgan fingerprint density at radius 3 is 2.17 bits per heavy atom. The number of alkyl halides is 3. The molecule has 0 heterocycles. The lowest BCUT2D eigenvalue weighted by Crippen LogP contribution is -2.51. The number of carbonyl (C=O) groups excluding carboxylic acids is 2. The zero-order valence-corrected chi connectivity index (χ0v) is 20.9. The molecule has 10 heteroatoms. The van der Waals surface area contributed by atoms with Gasteiger partial charge in [-0.3, -0.25) is 9.59 Å². The molecule has 0 unspecified atom stereocenters. The molecule has 0 aromatic heterocycles. The Balaban J connectivity index is 2.20. The topological polar surface area (TPSA) is 92.4 Å². The summed E-state index contributed by atoms with van der Waals surface area (Å²) in [5, 5.41) is 13.1. The van der Waals surface area contributed by atoms with Crippen LogP contribution in [-0.2, 0) is 22.4 Å². The van der Waals surface area contributed by atoms with Gasteiger partial charge < -0.3 is 16.2 Å². The van der Waals surface area contributed by atoms with Crippen molar-refractivity contribution < 1.29 is 27.9 Å². The van der Waals surface area contributed by atoms with Gasteiger partial charge in [-0.2, -0.15) is 13.2 Å². The minimum absolute atomic E-state index is 0.0673. The summed E-state index contributed by atoms with van der Waals surface area (Å²) in [6, 6.07) is 11.4. The van der Waals surface area contributed by atoms with Crippen molar-refractivity contribution in [1.82, 2.24) is 5.32 Å². The first-order chi connectivity index (χ1) is 16.3. The van der Waals surface area contributed by atoms with Crippen molar-refractivity contribution in [1.29, 1.82) is 0 Å². The van der Waals surface area contributed by atoms with E-state index in [9.17, 15) is 27.9 Å². The van der Waals surface area contributed by atoms with Gasteiger partial charge in [0.25, 0.3) is 0 Å². The van der Waals surface area contributed by atoms with E-state index in [0.29, 0.717) is 21.2 Å². The molecule has 35 heavy (non-hydrogen) atoms. The first-order valence-corrected chi connectivity index (χ1v) is 11.9. The summed E-state index contributed by atoms with van der Waals surface area (Å²) in [7, 11) is 0. The van der Waals surface area contributed by atoms with Crippen molar-refractivity contribution in [2.45, 2.75) is 57.5 Å². The quantitative estimate of drug-likeness (QED) is 0.389. The highest BCUT2D eigenvalue weighted by molar-refractivity contribution is 6.42. The van der Waals surface area contributed by atoms with Crippen LogP contribution in [0.2, 0.25) is 10.0 Å². The zero-order valence-electron chi connectivity index (χ0n) is 19.4. The van der Waals surface area contributed by atoms with Crippen LogP contribution in [0.15, 0.2) is 48.5 Å². The average Bonchev–Trinajstić information content (AvgIpc) is 2.78. The predicted molar refractivity (Wildman–Crippen MR) is 130 cm³/mol. The van der Waals surface area contributed by atoms with Crippen LogP contribution in [0.25, 0.3) is 0 Å². The highest BCUT2D eigenvalue weighted by atomic mass is 35.5. The molecule has 2 aromatic carbocycles. The number of halogens is 5. The third kappa shape index (κ3) is 8.79. The van der Waals surface area contributed by atoms with Gasteiger partial charge in [0.15, 0.2) is 11.9 Å². The fourth-order valence-corrected chi connectivity index (χ4v) is 4.04. The van der Waals surface area contributed by atoms with Gasteiger partial charge in [0.2, 0.25) is 5.91 Å². The van der Waals surface area contributed by atoms with Crippen LogP contribution in [0, 0.1) is 11.8 Å². The molecule has 0 fully saturated rings. The van der Waals surface area contributed by atoms with Crippen molar-refractivity contribution in [3.63, 3.8) is 0 Å². The molecular weight excluding hydrogens is 504 g/mol. The number of carbonyl (C=O) groups is 2. The van der Waals surface area contributed by atoms with Gasteiger partial charge in [-0.05, 0) is 42.0 Å². The summed E-state index contributed by atoms with van der Waals surface area (Å²) in [6.45, 7) is 3.01. The van der Waals surface area contributed by atoms with E-state index in [-0.39, 0.29) is 12.8 Å². The summed E-state index contributed by atoms with van der Waals surface area (Å²) in [6.07, 6.45) is -7.90. The Hall–Kier alpha value is -2.13. The highest BCUT2D eigenvalue weighted by Crippen LogP contribution is 2.32. The van der Waals surface area contributed by atoms with Gasteiger partial charge >= 0.3 is 6.18 Å². The van der Waals surface area contributed by atoms with E-state index in [1.165, 1.54) is 13.8 Å². The van der Waals surface area contributed by atoms with E-state index >= 15 is 0 Å². The Labute approximate surface area is 212 Å². The van der Waals surface area contributed by atoms with E-state index in [1.54, 1.807) is 48.5 Å². The van der Waals surface area contributed by atoms with Crippen LogP contribution in [-0.4, -0.2) is 41.2 Å². The smallest absolute Gasteiger partial charge is 0.383 e. The van der Waals surface area contributed by atoms with Crippen molar-refractivity contribution in [3.05, 3.63) is 69.7 Å². The van der Waals surface area contributed by atoms with Gasteiger partial charge in [-0.1, -0.05) is 73.4 Å². The highest BCUT2D eigenvalue weighted by Gasteiger charge is 2.45. The second kappa shape index (κ2) is 12.7. The molecule has 0 saturated heterocycles. The lowest BCUT2D eigenvalue weighted by atomic mass is 9.83. The van der Waals surface area contributed by atoms with Gasteiger partial charge in [-0.25, -0.2) is 0 Å². The SMILES string of the molecule is CC(C)[C@H](CC(=O)[C@H](Cc1ccccc1)NC(=O)[C@@H](N)Cc1ccc(Cl)c(Cl)c1)[C@H](O)C(F)(F)F. The van der Waals surface area contributed by atoms with Gasteiger partial charge in [0.1, 0.15) is 0 Å². The number of aliphatic hydroxyl groups is 1. The normalized spacial score (nSPS) is 15.4. The van der Waals surface area contributed by atoms with Crippen molar-refractivity contribution in [2.75, 3.05) is 0 Å². The number of rotatable bonds is 11. The molecule has 0 saturated carbocycles. The van der Waals surface area contributed by atoms with Crippen molar-refractivity contribution in [3.8, 4) is 0 Å². The molecule has 5 nitrogen and oxygen atoms in total. The lowest BCUT2D eigenvalue weighted by molar-refractivity contribution is -0.224. The maximum Gasteiger partial charge on any atom is 0.414 e. The first-order valence-electron chi connectivity index (χ1n) is 11.1.